The molecule has 5 heteroatoms. The van der Waals surface area contributed by atoms with Crippen LogP contribution in [-0.2, 0) is 11.3 Å². The summed E-state index contributed by atoms with van der Waals surface area (Å²) in [6, 6.07) is 8.13. The average Bonchev–Trinajstić information content (AvgIpc) is 2.80. The van der Waals surface area contributed by atoms with Crippen molar-refractivity contribution in [2.45, 2.75) is 32.4 Å². The van der Waals surface area contributed by atoms with Crippen molar-refractivity contribution >= 4 is 11.7 Å². The van der Waals surface area contributed by atoms with E-state index in [1.54, 1.807) is 0 Å². The summed E-state index contributed by atoms with van der Waals surface area (Å²) in [5.74, 6) is -0.830. The van der Waals surface area contributed by atoms with E-state index in [4.69, 9.17) is 0 Å². The standard InChI is InChI=1S/C14H17N3O2/c1-9-11(14(18)19)6-7-13(9)17-8-10-4-2-3-5-12(10)15-16-17/h2-5,9,11,13H,6-8H2,1H3,(H,18,19). The SMILES string of the molecule is CC1C(C(=O)O)CCC1N1Cc2ccccc2N=N1. The number of benzene rings is 1. The molecule has 0 saturated heterocycles. The van der Waals surface area contributed by atoms with Crippen LogP contribution in [0.1, 0.15) is 25.3 Å². The van der Waals surface area contributed by atoms with Gasteiger partial charge in [0.15, 0.2) is 0 Å². The monoisotopic (exact) mass is 259 g/mol. The van der Waals surface area contributed by atoms with E-state index in [0.29, 0.717) is 0 Å². The molecular formula is C14H17N3O2. The summed E-state index contributed by atoms with van der Waals surface area (Å²) >= 11 is 0. The fraction of sp³-hybridized carbons (Fsp3) is 0.500. The number of aliphatic carboxylic acids is 1. The summed E-state index contributed by atoms with van der Waals surface area (Å²) in [5, 5.41) is 19.6. The Labute approximate surface area is 111 Å². The highest BCUT2D eigenvalue weighted by Crippen LogP contribution is 2.38. The van der Waals surface area contributed by atoms with Crippen molar-refractivity contribution in [2.75, 3.05) is 0 Å². The van der Waals surface area contributed by atoms with E-state index in [0.717, 1.165) is 30.6 Å². The Bertz CT molecular complexity index is 529. The van der Waals surface area contributed by atoms with E-state index in [1.165, 1.54) is 0 Å². The van der Waals surface area contributed by atoms with Gasteiger partial charge in [0.1, 0.15) is 0 Å². The van der Waals surface area contributed by atoms with E-state index in [-0.39, 0.29) is 17.9 Å². The summed E-state index contributed by atoms with van der Waals surface area (Å²) in [6.45, 7) is 2.73. The van der Waals surface area contributed by atoms with Crippen molar-refractivity contribution < 1.29 is 9.90 Å². The molecule has 1 aromatic carbocycles. The summed E-state index contributed by atoms with van der Waals surface area (Å²) in [5.41, 5.74) is 2.07. The van der Waals surface area contributed by atoms with Crippen molar-refractivity contribution in [3.05, 3.63) is 29.8 Å². The molecule has 1 aromatic rings. The number of nitrogens with zero attached hydrogens (tertiary/aromatic N) is 3. The first-order valence-corrected chi connectivity index (χ1v) is 6.66. The minimum atomic E-state index is -0.690. The number of carboxylic acids is 1. The van der Waals surface area contributed by atoms with Gasteiger partial charge in [-0.05, 0) is 24.8 Å². The molecule has 19 heavy (non-hydrogen) atoms. The predicted molar refractivity (Wildman–Crippen MR) is 69.8 cm³/mol. The van der Waals surface area contributed by atoms with Gasteiger partial charge in [-0.1, -0.05) is 30.3 Å². The number of hydrogen-bond acceptors (Lipinski definition) is 4. The molecule has 1 saturated carbocycles. The third-order valence-electron chi connectivity index (χ3n) is 4.31. The largest absolute Gasteiger partial charge is 0.481 e. The highest BCUT2D eigenvalue weighted by atomic mass is 16.4. The summed E-state index contributed by atoms with van der Waals surface area (Å²) in [4.78, 5) is 11.2. The van der Waals surface area contributed by atoms with Crippen LogP contribution in [0.2, 0.25) is 0 Å². The van der Waals surface area contributed by atoms with Gasteiger partial charge >= 0.3 is 5.97 Å². The van der Waals surface area contributed by atoms with E-state index >= 15 is 0 Å². The number of carbonyl (C=O) groups is 1. The molecule has 2 aliphatic rings. The van der Waals surface area contributed by atoms with Gasteiger partial charge in [-0.3, -0.25) is 9.80 Å². The molecule has 0 radical (unpaired) electrons. The van der Waals surface area contributed by atoms with Gasteiger partial charge in [-0.2, -0.15) is 0 Å². The van der Waals surface area contributed by atoms with E-state index < -0.39 is 5.97 Å². The van der Waals surface area contributed by atoms with Crippen LogP contribution >= 0.6 is 0 Å². The molecule has 1 aliphatic heterocycles. The van der Waals surface area contributed by atoms with Crippen LogP contribution in [0.15, 0.2) is 34.6 Å². The zero-order chi connectivity index (χ0) is 13.4. The normalized spacial score (nSPS) is 29.3. The lowest BCUT2D eigenvalue weighted by Gasteiger charge is -2.31. The second-order valence-electron chi connectivity index (χ2n) is 5.36. The van der Waals surface area contributed by atoms with Gasteiger partial charge < -0.3 is 5.11 Å². The number of hydrogen-bond donors (Lipinski definition) is 1. The lowest BCUT2D eigenvalue weighted by molar-refractivity contribution is -0.143. The topological polar surface area (TPSA) is 65.3 Å². The van der Waals surface area contributed by atoms with Gasteiger partial charge in [-0.25, -0.2) is 0 Å². The molecule has 3 rings (SSSR count). The predicted octanol–water partition coefficient (Wildman–Crippen LogP) is 3.00. The van der Waals surface area contributed by atoms with Gasteiger partial charge in [0.25, 0.3) is 0 Å². The Morgan fingerprint density at radius 1 is 1.37 bits per heavy atom. The average molecular weight is 259 g/mol. The van der Waals surface area contributed by atoms with Crippen molar-refractivity contribution in [3.8, 4) is 0 Å². The van der Waals surface area contributed by atoms with Crippen molar-refractivity contribution in [1.82, 2.24) is 5.01 Å². The molecule has 0 spiro atoms. The maximum atomic E-state index is 11.2. The summed E-state index contributed by atoms with van der Waals surface area (Å²) in [7, 11) is 0. The Morgan fingerprint density at radius 3 is 2.89 bits per heavy atom. The molecule has 0 aromatic heterocycles. The van der Waals surface area contributed by atoms with Crippen LogP contribution in [0.25, 0.3) is 0 Å². The smallest absolute Gasteiger partial charge is 0.306 e. The summed E-state index contributed by atoms with van der Waals surface area (Å²) in [6.07, 6.45) is 1.61. The van der Waals surface area contributed by atoms with Crippen LogP contribution < -0.4 is 0 Å². The lowest BCUT2D eigenvalue weighted by atomic mass is 9.95. The van der Waals surface area contributed by atoms with E-state index in [1.807, 2.05) is 30.1 Å². The molecule has 0 bridgehead atoms. The molecule has 1 heterocycles. The molecule has 3 atom stereocenters. The maximum absolute atomic E-state index is 11.2. The van der Waals surface area contributed by atoms with Crippen LogP contribution in [0, 0.1) is 11.8 Å². The molecular weight excluding hydrogens is 242 g/mol. The van der Waals surface area contributed by atoms with Gasteiger partial charge in [0, 0.05) is 5.56 Å². The lowest BCUT2D eigenvalue weighted by Crippen LogP contribution is -2.35. The number of fused-ring (bicyclic) bond motifs is 1. The van der Waals surface area contributed by atoms with Crippen LogP contribution in [0.5, 0.6) is 0 Å². The Balaban J connectivity index is 1.78. The third kappa shape index (κ3) is 2.09. The minimum absolute atomic E-state index is 0.113. The van der Waals surface area contributed by atoms with Gasteiger partial charge in [0.2, 0.25) is 0 Å². The number of rotatable bonds is 2. The minimum Gasteiger partial charge on any atom is -0.481 e. The Kier molecular flexibility index (Phi) is 2.97. The van der Waals surface area contributed by atoms with Crippen LogP contribution in [0.4, 0.5) is 5.69 Å². The van der Waals surface area contributed by atoms with Crippen LogP contribution in [-0.4, -0.2) is 22.1 Å². The van der Waals surface area contributed by atoms with E-state index in [9.17, 15) is 9.90 Å². The quantitative estimate of drug-likeness (QED) is 0.887. The highest BCUT2D eigenvalue weighted by molar-refractivity contribution is 5.70. The van der Waals surface area contributed by atoms with E-state index in [2.05, 4.69) is 16.4 Å². The molecule has 3 unspecified atom stereocenters. The third-order valence-corrected chi connectivity index (χ3v) is 4.31. The van der Waals surface area contributed by atoms with Crippen molar-refractivity contribution in [1.29, 1.82) is 0 Å². The Hall–Kier alpha value is -1.91. The summed E-state index contributed by atoms with van der Waals surface area (Å²) < 4.78 is 0. The fourth-order valence-electron chi connectivity index (χ4n) is 3.15. The first kappa shape index (κ1) is 12.1. The molecule has 0 amide bonds. The number of carboxylic acid groups (broad SMARTS) is 1. The van der Waals surface area contributed by atoms with Gasteiger partial charge in [-0.15, -0.1) is 5.11 Å². The van der Waals surface area contributed by atoms with Crippen molar-refractivity contribution in [2.24, 2.45) is 22.2 Å². The highest BCUT2D eigenvalue weighted by Gasteiger charge is 2.40. The molecule has 1 aliphatic carbocycles. The zero-order valence-corrected chi connectivity index (χ0v) is 10.9. The maximum Gasteiger partial charge on any atom is 0.306 e. The molecule has 5 nitrogen and oxygen atoms in total. The first-order chi connectivity index (χ1) is 9.16. The van der Waals surface area contributed by atoms with Crippen molar-refractivity contribution in [3.63, 3.8) is 0 Å². The molecule has 100 valence electrons. The Morgan fingerprint density at radius 2 is 2.16 bits per heavy atom. The van der Waals surface area contributed by atoms with Gasteiger partial charge in [0.05, 0.1) is 24.2 Å². The fourth-order valence-corrected chi connectivity index (χ4v) is 3.15. The second-order valence-corrected chi connectivity index (χ2v) is 5.36. The zero-order valence-electron chi connectivity index (χ0n) is 10.9. The molecule has 1 fully saturated rings. The van der Waals surface area contributed by atoms with Crippen LogP contribution in [0.3, 0.4) is 0 Å². The second kappa shape index (κ2) is 4.64. The molecule has 1 N–H and O–H groups in total. The first-order valence-electron chi connectivity index (χ1n) is 6.66.